The molecule has 3 heteroatoms. The lowest BCUT2D eigenvalue weighted by molar-refractivity contribution is -0.140. The predicted molar refractivity (Wildman–Crippen MR) is 139 cm³/mol. The monoisotopic (exact) mass is 467 g/mol. The average Bonchev–Trinajstić information content (AvgIpc) is 3.17. The Hall–Kier alpha value is -4.24. The molecule has 36 heavy (non-hydrogen) atoms. The summed E-state index contributed by atoms with van der Waals surface area (Å²) in [5.74, 6) is -0.866. The summed E-state index contributed by atoms with van der Waals surface area (Å²) in [6.45, 7) is 0.275. The molecule has 0 radical (unpaired) electrons. The molecule has 2 amide bonds. The topological polar surface area (TPSA) is 37.4 Å². The van der Waals surface area contributed by atoms with Gasteiger partial charge in [-0.05, 0) is 27.8 Å². The molecule has 8 rings (SSSR count). The number of carbonyl (C=O) groups excluding carboxylic acids is 2. The Bertz CT molecular complexity index is 1470. The number of likely N-dealkylation sites (tertiary alicyclic amines) is 1. The molecule has 1 spiro atoms. The van der Waals surface area contributed by atoms with E-state index in [1.165, 1.54) is 4.90 Å². The van der Waals surface area contributed by atoms with Crippen molar-refractivity contribution in [3.05, 3.63) is 155 Å². The summed E-state index contributed by atoms with van der Waals surface area (Å²) in [6, 6.07) is 38.7. The molecule has 3 atom stereocenters. The number of hydrogen-bond donors (Lipinski definition) is 0. The number of allylic oxidation sites excluding steroid dienone is 1. The number of benzene rings is 4. The van der Waals surface area contributed by atoms with Crippen molar-refractivity contribution in [1.82, 2.24) is 4.90 Å². The van der Waals surface area contributed by atoms with E-state index in [9.17, 15) is 9.59 Å². The fourth-order valence-corrected chi connectivity index (χ4v) is 7.16. The number of carbonyl (C=O) groups is 2. The first-order valence-electron chi connectivity index (χ1n) is 12.5. The highest BCUT2D eigenvalue weighted by Gasteiger charge is 2.73. The highest BCUT2D eigenvalue weighted by molar-refractivity contribution is 6.14. The summed E-state index contributed by atoms with van der Waals surface area (Å²) in [6.07, 6.45) is 4.23. The van der Waals surface area contributed by atoms with Gasteiger partial charge in [-0.25, -0.2) is 0 Å². The maximum Gasteiger partial charge on any atom is 0.244 e. The molecule has 4 aromatic carbocycles. The van der Waals surface area contributed by atoms with Crippen molar-refractivity contribution in [2.24, 2.45) is 5.92 Å². The molecule has 0 saturated carbocycles. The van der Waals surface area contributed by atoms with Gasteiger partial charge >= 0.3 is 0 Å². The van der Waals surface area contributed by atoms with E-state index >= 15 is 0 Å². The minimum atomic E-state index is -1.04. The predicted octanol–water partition coefficient (Wildman–Crippen LogP) is 5.76. The van der Waals surface area contributed by atoms with Crippen LogP contribution in [0.5, 0.6) is 0 Å². The molecule has 2 bridgehead atoms. The molecule has 1 heterocycles. The van der Waals surface area contributed by atoms with E-state index < -0.39 is 16.7 Å². The van der Waals surface area contributed by atoms with Gasteiger partial charge in [0.1, 0.15) is 5.41 Å². The Morgan fingerprint density at radius 2 is 1.22 bits per heavy atom. The molecule has 0 unspecified atom stereocenters. The lowest BCUT2D eigenvalue weighted by atomic mass is 9.43. The lowest BCUT2D eigenvalue weighted by Gasteiger charge is -2.56. The smallest absolute Gasteiger partial charge is 0.244 e. The van der Waals surface area contributed by atoms with Gasteiger partial charge in [-0.3, -0.25) is 14.5 Å². The molecule has 0 aromatic heterocycles. The summed E-state index contributed by atoms with van der Waals surface area (Å²) < 4.78 is 0. The van der Waals surface area contributed by atoms with Crippen LogP contribution in [0.3, 0.4) is 0 Å². The van der Waals surface area contributed by atoms with Crippen LogP contribution >= 0.6 is 0 Å². The van der Waals surface area contributed by atoms with E-state index in [1.54, 1.807) is 0 Å². The van der Waals surface area contributed by atoms with Crippen molar-refractivity contribution in [2.45, 2.75) is 23.3 Å². The maximum atomic E-state index is 14.6. The fraction of sp³-hybridized carbons (Fsp3) is 0.152. The van der Waals surface area contributed by atoms with E-state index in [-0.39, 0.29) is 24.3 Å². The fourth-order valence-electron chi connectivity index (χ4n) is 7.16. The Balaban J connectivity index is 1.55. The summed E-state index contributed by atoms with van der Waals surface area (Å²) in [5, 5.41) is 0. The molecule has 0 N–H and O–H groups in total. The highest BCUT2D eigenvalue weighted by atomic mass is 16.2. The number of rotatable bonds is 4. The summed E-state index contributed by atoms with van der Waals surface area (Å²) in [4.78, 5) is 30.6. The first-order valence-corrected chi connectivity index (χ1v) is 12.5. The third-order valence-corrected chi connectivity index (χ3v) is 8.49. The van der Waals surface area contributed by atoms with Crippen LogP contribution < -0.4 is 0 Å². The van der Waals surface area contributed by atoms with Gasteiger partial charge in [0, 0.05) is 11.3 Å². The van der Waals surface area contributed by atoms with Crippen LogP contribution in [-0.2, 0) is 27.0 Å². The Morgan fingerprint density at radius 3 is 1.86 bits per heavy atom. The average molecular weight is 468 g/mol. The van der Waals surface area contributed by atoms with Crippen LogP contribution in [0.15, 0.2) is 127 Å². The van der Waals surface area contributed by atoms with Crippen LogP contribution in [0.25, 0.3) is 0 Å². The second-order valence-corrected chi connectivity index (χ2v) is 10.0. The van der Waals surface area contributed by atoms with E-state index in [2.05, 4.69) is 42.5 Å². The number of nitrogens with zero attached hydrogens (tertiary/aromatic N) is 1. The third kappa shape index (κ3) is 2.52. The normalized spacial score (nSPS) is 25.1. The zero-order valence-corrected chi connectivity index (χ0v) is 19.7. The Kier molecular flexibility index (Phi) is 4.47. The second kappa shape index (κ2) is 7.63. The van der Waals surface area contributed by atoms with E-state index in [1.807, 2.05) is 84.9 Å². The molecule has 3 aliphatic carbocycles. The van der Waals surface area contributed by atoms with Crippen LogP contribution in [0.4, 0.5) is 0 Å². The van der Waals surface area contributed by atoms with Crippen molar-refractivity contribution in [3.63, 3.8) is 0 Å². The van der Waals surface area contributed by atoms with Gasteiger partial charge in [0.2, 0.25) is 11.8 Å². The lowest BCUT2D eigenvalue weighted by Crippen LogP contribution is -2.59. The van der Waals surface area contributed by atoms with Crippen molar-refractivity contribution in [3.8, 4) is 0 Å². The number of imide groups is 1. The summed E-state index contributed by atoms with van der Waals surface area (Å²) in [7, 11) is 0. The first-order chi connectivity index (χ1) is 17.7. The minimum absolute atomic E-state index is 0.0706. The van der Waals surface area contributed by atoms with E-state index in [4.69, 9.17) is 0 Å². The second-order valence-electron chi connectivity index (χ2n) is 10.0. The third-order valence-electron chi connectivity index (χ3n) is 8.49. The molecular weight excluding hydrogens is 442 g/mol. The van der Waals surface area contributed by atoms with Gasteiger partial charge < -0.3 is 0 Å². The molecule has 174 valence electrons. The first kappa shape index (κ1) is 21.1. The van der Waals surface area contributed by atoms with E-state index in [0.29, 0.717) is 0 Å². The van der Waals surface area contributed by atoms with Crippen LogP contribution in [0.2, 0.25) is 0 Å². The Labute approximate surface area is 210 Å². The van der Waals surface area contributed by atoms with Crippen LogP contribution in [0.1, 0.15) is 33.7 Å². The van der Waals surface area contributed by atoms with Crippen molar-refractivity contribution in [2.75, 3.05) is 0 Å². The SMILES string of the molecule is O=C1[C@@H]2C(c3ccccc3)(c3ccccc3)[C@@H]3C=C[C@@]2(C(=O)N1Cc1ccccc1)c1ccccc13. The van der Waals surface area contributed by atoms with Crippen molar-refractivity contribution < 1.29 is 9.59 Å². The van der Waals surface area contributed by atoms with Crippen molar-refractivity contribution >= 4 is 11.8 Å². The molecule has 1 fully saturated rings. The van der Waals surface area contributed by atoms with Gasteiger partial charge in [-0.1, -0.05) is 127 Å². The van der Waals surface area contributed by atoms with Gasteiger partial charge in [0.15, 0.2) is 0 Å². The number of hydrogen-bond acceptors (Lipinski definition) is 2. The summed E-state index contributed by atoms with van der Waals surface area (Å²) >= 11 is 0. The number of amides is 2. The van der Waals surface area contributed by atoms with Gasteiger partial charge in [0.05, 0.1) is 12.5 Å². The summed E-state index contributed by atoms with van der Waals surface area (Å²) in [5.41, 5.74) is 3.44. The minimum Gasteiger partial charge on any atom is -0.277 e. The quantitative estimate of drug-likeness (QED) is 0.283. The molecule has 4 aliphatic rings. The van der Waals surface area contributed by atoms with Gasteiger partial charge in [-0.2, -0.15) is 0 Å². The van der Waals surface area contributed by atoms with Crippen LogP contribution in [0, 0.1) is 5.92 Å². The van der Waals surface area contributed by atoms with Gasteiger partial charge in [-0.15, -0.1) is 0 Å². The molecule has 4 aromatic rings. The Morgan fingerprint density at radius 1 is 0.667 bits per heavy atom. The zero-order chi connectivity index (χ0) is 24.3. The molecule has 3 nitrogen and oxygen atoms in total. The van der Waals surface area contributed by atoms with E-state index in [0.717, 1.165) is 27.8 Å². The van der Waals surface area contributed by atoms with Gasteiger partial charge in [0.25, 0.3) is 0 Å². The highest BCUT2D eigenvalue weighted by Crippen LogP contribution is 2.67. The van der Waals surface area contributed by atoms with Crippen molar-refractivity contribution in [1.29, 1.82) is 0 Å². The molecule has 1 saturated heterocycles. The van der Waals surface area contributed by atoms with Crippen LogP contribution in [-0.4, -0.2) is 16.7 Å². The standard InChI is InChI=1S/C33H25NO2/c35-30-29-32(31(36)34(30)22-23-12-4-1-5-13-23)21-20-28(26-18-10-11-19-27(26)32)33(29,24-14-6-2-7-15-24)25-16-8-3-9-17-25/h1-21,28-29H,22H2/t28-,29+,32-/m1/s1. The zero-order valence-electron chi connectivity index (χ0n) is 19.7. The molecule has 1 aliphatic heterocycles. The molecular formula is C33H25NO2. The maximum absolute atomic E-state index is 14.6. The largest absolute Gasteiger partial charge is 0.277 e.